The predicted molar refractivity (Wildman–Crippen MR) is 80.7 cm³/mol. The van der Waals surface area contributed by atoms with E-state index in [1.807, 2.05) is 25.1 Å². The predicted octanol–water partition coefficient (Wildman–Crippen LogP) is 4.79. The highest BCUT2D eigenvalue weighted by molar-refractivity contribution is 5.38. The first kappa shape index (κ1) is 16.0. The van der Waals surface area contributed by atoms with Crippen molar-refractivity contribution in [2.45, 2.75) is 65.4 Å². The number of hydrogen-bond donors (Lipinski definition) is 1. The van der Waals surface area contributed by atoms with Crippen molar-refractivity contribution in [3.63, 3.8) is 0 Å². The average Bonchev–Trinajstić information content (AvgIpc) is 2.37. The summed E-state index contributed by atoms with van der Waals surface area (Å²) in [6, 6.07) is 5.98. The van der Waals surface area contributed by atoms with Crippen molar-refractivity contribution >= 4 is 0 Å². The van der Waals surface area contributed by atoms with Gasteiger partial charge in [-0.3, -0.25) is 0 Å². The number of hydrogen-bond acceptors (Lipinski definition) is 2. The third-order valence-electron chi connectivity index (χ3n) is 3.37. The summed E-state index contributed by atoms with van der Waals surface area (Å²) in [4.78, 5) is 0. The third kappa shape index (κ3) is 6.11. The van der Waals surface area contributed by atoms with Gasteiger partial charge in [0.15, 0.2) is 0 Å². The van der Waals surface area contributed by atoms with Crippen molar-refractivity contribution in [2.75, 3.05) is 6.61 Å². The van der Waals surface area contributed by atoms with Crippen LogP contribution in [0.3, 0.4) is 0 Å². The molecule has 0 bridgehead atoms. The van der Waals surface area contributed by atoms with Gasteiger partial charge >= 0.3 is 0 Å². The molecule has 0 aromatic heterocycles. The van der Waals surface area contributed by atoms with Crippen molar-refractivity contribution in [3.05, 3.63) is 29.3 Å². The molecule has 1 aromatic rings. The van der Waals surface area contributed by atoms with Gasteiger partial charge in [0.1, 0.15) is 5.75 Å². The van der Waals surface area contributed by atoms with E-state index < -0.39 is 6.10 Å². The molecule has 0 aliphatic rings. The quantitative estimate of drug-likeness (QED) is 0.650. The van der Waals surface area contributed by atoms with Crippen LogP contribution in [0.25, 0.3) is 0 Å². The van der Waals surface area contributed by atoms with Crippen LogP contribution in [0, 0.1) is 6.92 Å². The summed E-state index contributed by atoms with van der Waals surface area (Å²) in [7, 11) is 0. The molecule has 1 rings (SSSR count). The number of rotatable bonds is 9. The van der Waals surface area contributed by atoms with Crippen molar-refractivity contribution in [1.82, 2.24) is 0 Å². The largest absolute Gasteiger partial charge is 0.493 e. The second-order valence-electron chi connectivity index (χ2n) is 5.33. The van der Waals surface area contributed by atoms with Gasteiger partial charge in [0, 0.05) is 5.56 Å². The molecule has 0 fully saturated rings. The molecular weight excluding hydrogens is 236 g/mol. The SMILES string of the molecule is CCCCCCCCOc1cc(C)ccc1[C@H](C)O. The van der Waals surface area contributed by atoms with Crippen molar-refractivity contribution < 1.29 is 9.84 Å². The van der Waals surface area contributed by atoms with Gasteiger partial charge in [-0.1, -0.05) is 51.2 Å². The first-order valence-electron chi connectivity index (χ1n) is 7.56. The fraction of sp³-hybridized carbons (Fsp3) is 0.647. The highest BCUT2D eigenvalue weighted by Gasteiger charge is 2.09. The van der Waals surface area contributed by atoms with Gasteiger partial charge < -0.3 is 9.84 Å². The van der Waals surface area contributed by atoms with Crippen LogP contribution < -0.4 is 4.74 Å². The van der Waals surface area contributed by atoms with Gasteiger partial charge in [-0.2, -0.15) is 0 Å². The van der Waals surface area contributed by atoms with E-state index in [1.165, 1.54) is 37.7 Å². The molecule has 0 spiro atoms. The molecule has 0 aliphatic carbocycles. The van der Waals surface area contributed by atoms with Gasteiger partial charge in [0.25, 0.3) is 0 Å². The minimum absolute atomic E-state index is 0.472. The fourth-order valence-corrected chi connectivity index (χ4v) is 2.18. The number of aliphatic hydroxyl groups is 1. The van der Waals surface area contributed by atoms with Crippen LogP contribution in [0.5, 0.6) is 5.75 Å². The number of ether oxygens (including phenoxy) is 1. The van der Waals surface area contributed by atoms with E-state index in [0.717, 1.165) is 24.3 Å². The Morgan fingerprint density at radius 2 is 1.79 bits per heavy atom. The number of aryl methyl sites for hydroxylation is 1. The third-order valence-corrected chi connectivity index (χ3v) is 3.37. The number of benzene rings is 1. The summed E-state index contributed by atoms with van der Waals surface area (Å²) in [6.07, 6.45) is 7.11. The standard InChI is InChI=1S/C17H28O2/c1-4-5-6-7-8-9-12-19-17-13-14(2)10-11-16(17)15(3)18/h10-11,13,15,18H,4-9,12H2,1-3H3/t15-/m0/s1. The van der Waals surface area contributed by atoms with E-state index in [0.29, 0.717) is 0 Å². The second-order valence-corrected chi connectivity index (χ2v) is 5.33. The minimum Gasteiger partial charge on any atom is -0.493 e. The molecule has 2 nitrogen and oxygen atoms in total. The van der Waals surface area contributed by atoms with Crippen LogP contribution in [0.4, 0.5) is 0 Å². The Morgan fingerprint density at radius 1 is 1.11 bits per heavy atom. The molecule has 108 valence electrons. The van der Waals surface area contributed by atoms with Gasteiger partial charge in [0.2, 0.25) is 0 Å². The van der Waals surface area contributed by atoms with Crippen LogP contribution in [0.2, 0.25) is 0 Å². The molecular formula is C17H28O2. The molecule has 0 aliphatic heterocycles. The normalized spacial score (nSPS) is 12.4. The average molecular weight is 264 g/mol. The van der Waals surface area contributed by atoms with E-state index in [9.17, 15) is 5.11 Å². The van der Waals surface area contributed by atoms with Crippen LogP contribution in [0.1, 0.15) is 69.6 Å². The summed E-state index contributed by atoms with van der Waals surface area (Å²) in [5, 5.41) is 9.72. The maximum Gasteiger partial charge on any atom is 0.125 e. The lowest BCUT2D eigenvalue weighted by atomic mass is 10.1. The molecule has 0 heterocycles. The van der Waals surface area contributed by atoms with E-state index in [4.69, 9.17) is 4.74 Å². The van der Waals surface area contributed by atoms with E-state index in [1.54, 1.807) is 6.92 Å². The Kier molecular flexibility index (Phi) is 7.57. The lowest BCUT2D eigenvalue weighted by Crippen LogP contribution is -2.02. The van der Waals surface area contributed by atoms with Crippen LogP contribution in [0.15, 0.2) is 18.2 Å². The number of unbranched alkanes of at least 4 members (excludes halogenated alkanes) is 5. The Balaban J connectivity index is 2.34. The topological polar surface area (TPSA) is 29.5 Å². The Bertz CT molecular complexity index is 358. The van der Waals surface area contributed by atoms with Gasteiger partial charge in [0.05, 0.1) is 12.7 Å². The molecule has 1 N–H and O–H groups in total. The highest BCUT2D eigenvalue weighted by atomic mass is 16.5. The monoisotopic (exact) mass is 264 g/mol. The zero-order valence-corrected chi connectivity index (χ0v) is 12.6. The molecule has 19 heavy (non-hydrogen) atoms. The van der Waals surface area contributed by atoms with E-state index in [2.05, 4.69) is 6.92 Å². The van der Waals surface area contributed by atoms with E-state index >= 15 is 0 Å². The zero-order valence-electron chi connectivity index (χ0n) is 12.6. The summed E-state index contributed by atoms with van der Waals surface area (Å²) < 4.78 is 5.83. The molecule has 1 aromatic carbocycles. The maximum atomic E-state index is 9.72. The smallest absolute Gasteiger partial charge is 0.125 e. The van der Waals surface area contributed by atoms with Gasteiger partial charge in [-0.15, -0.1) is 0 Å². The minimum atomic E-state index is -0.472. The van der Waals surface area contributed by atoms with Crippen molar-refractivity contribution in [1.29, 1.82) is 0 Å². The summed E-state index contributed by atoms with van der Waals surface area (Å²) in [5.74, 6) is 0.837. The Morgan fingerprint density at radius 3 is 2.47 bits per heavy atom. The molecule has 0 saturated heterocycles. The van der Waals surface area contributed by atoms with E-state index in [-0.39, 0.29) is 0 Å². The fourth-order valence-electron chi connectivity index (χ4n) is 2.18. The molecule has 1 atom stereocenters. The molecule has 2 heteroatoms. The highest BCUT2D eigenvalue weighted by Crippen LogP contribution is 2.26. The molecule has 0 unspecified atom stereocenters. The molecule has 0 saturated carbocycles. The Hall–Kier alpha value is -1.02. The summed E-state index contributed by atoms with van der Waals surface area (Å²) in [5.41, 5.74) is 2.05. The lowest BCUT2D eigenvalue weighted by Gasteiger charge is -2.14. The first-order valence-corrected chi connectivity index (χ1v) is 7.56. The van der Waals surface area contributed by atoms with Crippen LogP contribution >= 0.6 is 0 Å². The lowest BCUT2D eigenvalue weighted by molar-refractivity contribution is 0.190. The van der Waals surface area contributed by atoms with Crippen molar-refractivity contribution in [3.8, 4) is 5.75 Å². The molecule has 0 amide bonds. The first-order chi connectivity index (χ1) is 9.15. The summed E-state index contributed by atoms with van der Waals surface area (Å²) in [6.45, 7) is 6.80. The van der Waals surface area contributed by atoms with Crippen molar-refractivity contribution in [2.24, 2.45) is 0 Å². The Labute approximate surface area is 117 Å². The number of aliphatic hydroxyl groups excluding tert-OH is 1. The van der Waals surface area contributed by atoms with Gasteiger partial charge in [-0.05, 0) is 31.9 Å². The maximum absolute atomic E-state index is 9.72. The second kappa shape index (κ2) is 8.98. The molecule has 0 radical (unpaired) electrons. The van der Waals surface area contributed by atoms with Crippen LogP contribution in [-0.4, -0.2) is 11.7 Å². The van der Waals surface area contributed by atoms with Crippen LogP contribution in [-0.2, 0) is 0 Å². The zero-order chi connectivity index (χ0) is 14.1. The van der Waals surface area contributed by atoms with Gasteiger partial charge in [-0.25, -0.2) is 0 Å². The summed E-state index contributed by atoms with van der Waals surface area (Å²) >= 11 is 0.